The second kappa shape index (κ2) is 5.55. The van der Waals surface area contributed by atoms with E-state index in [0.29, 0.717) is 5.69 Å². The minimum atomic E-state index is -4.39. The molecular weight excluding hydrogens is 271 g/mol. The maximum absolute atomic E-state index is 11.9. The van der Waals surface area contributed by atoms with Crippen LogP contribution in [0.1, 0.15) is 6.42 Å². The number of nitrogens with two attached hydrogens (primary N) is 1. The molecule has 5 nitrogen and oxygen atoms in total. The number of hydrogen-bond acceptors (Lipinski definition) is 4. The Balaban J connectivity index is 2.68. The van der Waals surface area contributed by atoms with E-state index in [1.54, 1.807) is 0 Å². The second-order valence-electron chi connectivity index (χ2n) is 3.43. The maximum atomic E-state index is 11.9. The molecule has 18 heavy (non-hydrogen) atoms. The van der Waals surface area contributed by atoms with Crippen LogP contribution in [0.25, 0.3) is 0 Å². The number of alkyl halides is 3. The molecule has 0 unspecified atom stereocenters. The molecule has 0 heterocycles. The van der Waals surface area contributed by atoms with Gasteiger partial charge in [0.2, 0.25) is 10.0 Å². The van der Waals surface area contributed by atoms with Gasteiger partial charge in [-0.05, 0) is 24.3 Å². The van der Waals surface area contributed by atoms with E-state index in [-0.39, 0.29) is 4.90 Å². The molecule has 1 rings (SSSR count). The standard InChI is InChI=1S/C9H12F3N3O2S/c10-9(11,12)5-6-14-18(16,17)8-3-1-7(15-13)2-4-8/h1-4,14-15H,5-6,13H2. The summed E-state index contributed by atoms with van der Waals surface area (Å²) >= 11 is 0. The zero-order valence-corrected chi connectivity index (χ0v) is 9.98. The van der Waals surface area contributed by atoms with E-state index in [1.165, 1.54) is 24.3 Å². The monoisotopic (exact) mass is 283 g/mol. The summed E-state index contributed by atoms with van der Waals surface area (Å²) in [5, 5.41) is 0. The molecule has 0 aromatic heterocycles. The number of halogens is 3. The van der Waals surface area contributed by atoms with E-state index >= 15 is 0 Å². The predicted octanol–water partition coefficient (Wildman–Crippen LogP) is 1.20. The van der Waals surface area contributed by atoms with Gasteiger partial charge in [0.15, 0.2) is 0 Å². The molecule has 0 aliphatic rings. The highest BCUT2D eigenvalue weighted by atomic mass is 32.2. The summed E-state index contributed by atoms with van der Waals surface area (Å²) in [7, 11) is -3.93. The molecule has 0 bridgehead atoms. The molecule has 0 aliphatic carbocycles. The number of nitrogen functional groups attached to an aromatic ring is 1. The van der Waals surface area contributed by atoms with Gasteiger partial charge in [0.05, 0.1) is 11.3 Å². The number of benzene rings is 1. The first-order valence-electron chi connectivity index (χ1n) is 4.88. The first-order valence-corrected chi connectivity index (χ1v) is 6.36. The molecule has 102 valence electrons. The van der Waals surface area contributed by atoms with Gasteiger partial charge in [-0.3, -0.25) is 5.84 Å². The van der Waals surface area contributed by atoms with Crippen molar-refractivity contribution in [1.29, 1.82) is 0 Å². The summed E-state index contributed by atoms with van der Waals surface area (Å²) in [4.78, 5) is -0.122. The van der Waals surface area contributed by atoms with Gasteiger partial charge in [-0.25, -0.2) is 13.1 Å². The van der Waals surface area contributed by atoms with E-state index in [0.717, 1.165) is 0 Å². The highest BCUT2D eigenvalue weighted by Gasteiger charge is 2.27. The summed E-state index contributed by atoms with van der Waals surface area (Å²) in [6.45, 7) is -0.692. The molecule has 1 aromatic rings. The van der Waals surface area contributed by atoms with Crippen LogP contribution in [0.3, 0.4) is 0 Å². The van der Waals surface area contributed by atoms with Crippen LogP contribution in [0.15, 0.2) is 29.2 Å². The largest absolute Gasteiger partial charge is 0.390 e. The van der Waals surface area contributed by atoms with Crippen LogP contribution in [0, 0.1) is 0 Å². The third kappa shape index (κ3) is 4.51. The Morgan fingerprint density at radius 1 is 1.17 bits per heavy atom. The molecule has 0 atom stereocenters. The summed E-state index contributed by atoms with van der Waals surface area (Å²) in [5.41, 5.74) is 2.79. The Morgan fingerprint density at radius 3 is 2.17 bits per heavy atom. The third-order valence-electron chi connectivity index (χ3n) is 2.03. The number of hydrogen-bond donors (Lipinski definition) is 3. The van der Waals surface area contributed by atoms with Crippen LogP contribution in [0.5, 0.6) is 0 Å². The highest BCUT2D eigenvalue weighted by molar-refractivity contribution is 7.89. The minimum Gasteiger partial charge on any atom is -0.324 e. The average molecular weight is 283 g/mol. The van der Waals surface area contributed by atoms with E-state index in [9.17, 15) is 21.6 Å². The van der Waals surface area contributed by atoms with Gasteiger partial charge in [0.1, 0.15) is 0 Å². The first-order chi connectivity index (χ1) is 8.24. The fraction of sp³-hybridized carbons (Fsp3) is 0.333. The highest BCUT2D eigenvalue weighted by Crippen LogP contribution is 2.19. The fourth-order valence-electron chi connectivity index (χ4n) is 1.14. The van der Waals surface area contributed by atoms with Crippen molar-refractivity contribution in [2.45, 2.75) is 17.5 Å². The predicted molar refractivity (Wildman–Crippen MR) is 60.1 cm³/mol. The van der Waals surface area contributed by atoms with Crippen LogP contribution in [0.2, 0.25) is 0 Å². The van der Waals surface area contributed by atoms with Crippen LogP contribution in [0.4, 0.5) is 18.9 Å². The lowest BCUT2D eigenvalue weighted by Gasteiger charge is -2.09. The zero-order chi connectivity index (χ0) is 13.8. The average Bonchev–Trinajstić information content (AvgIpc) is 2.27. The Bertz CT molecular complexity index is 485. The number of sulfonamides is 1. The summed E-state index contributed by atoms with van der Waals surface area (Å²) < 4.78 is 60.7. The van der Waals surface area contributed by atoms with Crippen molar-refractivity contribution < 1.29 is 21.6 Å². The smallest absolute Gasteiger partial charge is 0.324 e. The van der Waals surface area contributed by atoms with Crippen molar-refractivity contribution in [1.82, 2.24) is 4.72 Å². The molecule has 0 spiro atoms. The maximum Gasteiger partial charge on any atom is 0.390 e. The van der Waals surface area contributed by atoms with Crippen molar-refractivity contribution in [2.75, 3.05) is 12.0 Å². The summed E-state index contributed by atoms with van der Waals surface area (Å²) in [6.07, 6.45) is -5.61. The van der Waals surface area contributed by atoms with Gasteiger partial charge < -0.3 is 5.43 Å². The summed E-state index contributed by atoms with van der Waals surface area (Å²) in [6, 6.07) is 5.28. The van der Waals surface area contributed by atoms with Crippen molar-refractivity contribution in [3.8, 4) is 0 Å². The molecule has 0 saturated heterocycles. The van der Waals surface area contributed by atoms with Gasteiger partial charge in [0.25, 0.3) is 0 Å². The van der Waals surface area contributed by atoms with Crippen LogP contribution >= 0.6 is 0 Å². The lowest BCUT2D eigenvalue weighted by molar-refractivity contribution is -0.132. The molecule has 4 N–H and O–H groups in total. The van der Waals surface area contributed by atoms with Gasteiger partial charge >= 0.3 is 6.18 Å². The van der Waals surface area contributed by atoms with Gasteiger partial charge in [0, 0.05) is 12.2 Å². The third-order valence-corrected chi connectivity index (χ3v) is 3.51. The second-order valence-corrected chi connectivity index (χ2v) is 5.20. The SMILES string of the molecule is NNc1ccc(S(=O)(=O)NCCC(F)(F)F)cc1. The normalized spacial score (nSPS) is 12.4. The molecule has 0 radical (unpaired) electrons. The van der Waals surface area contributed by atoms with Crippen LogP contribution in [-0.4, -0.2) is 21.1 Å². The fourth-order valence-corrected chi connectivity index (χ4v) is 2.17. The zero-order valence-electron chi connectivity index (χ0n) is 9.16. The Morgan fingerprint density at radius 2 is 1.72 bits per heavy atom. The minimum absolute atomic E-state index is 0.122. The molecule has 9 heteroatoms. The Kier molecular flexibility index (Phi) is 4.54. The lowest BCUT2D eigenvalue weighted by atomic mass is 10.3. The van der Waals surface area contributed by atoms with E-state index in [4.69, 9.17) is 5.84 Å². The summed E-state index contributed by atoms with van der Waals surface area (Å²) in [5.74, 6) is 5.10. The first kappa shape index (κ1) is 14.7. The van der Waals surface area contributed by atoms with Crippen LogP contribution < -0.4 is 16.0 Å². The molecule has 0 amide bonds. The van der Waals surface area contributed by atoms with Crippen molar-refractivity contribution >= 4 is 15.7 Å². The van der Waals surface area contributed by atoms with Crippen molar-refractivity contribution in [3.63, 3.8) is 0 Å². The lowest BCUT2D eigenvalue weighted by Crippen LogP contribution is -2.28. The Labute approximate surface area is 102 Å². The van der Waals surface area contributed by atoms with E-state index in [2.05, 4.69) is 5.43 Å². The van der Waals surface area contributed by atoms with Gasteiger partial charge in [-0.1, -0.05) is 0 Å². The number of hydrazine groups is 1. The van der Waals surface area contributed by atoms with Gasteiger partial charge in [-0.2, -0.15) is 13.2 Å². The number of anilines is 1. The quantitative estimate of drug-likeness (QED) is 0.560. The van der Waals surface area contributed by atoms with E-state index in [1.807, 2.05) is 4.72 Å². The van der Waals surface area contributed by atoms with Crippen molar-refractivity contribution in [3.05, 3.63) is 24.3 Å². The molecule has 0 saturated carbocycles. The van der Waals surface area contributed by atoms with Gasteiger partial charge in [-0.15, -0.1) is 0 Å². The Hall–Kier alpha value is -1.32. The molecule has 0 fully saturated rings. The topological polar surface area (TPSA) is 84.2 Å². The number of rotatable bonds is 5. The van der Waals surface area contributed by atoms with Crippen LogP contribution in [-0.2, 0) is 10.0 Å². The number of nitrogens with one attached hydrogen (secondary N) is 2. The van der Waals surface area contributed by atoms with Crippen molar-refractivity contribution in [2.24, 2.45) is 5.84 Å². The molecule has 0 aliphatic heterocycles. The molecule has 1 aromatic carbocycles. The molecular formula is C9H12F3N3O2S. The van der Waals surface area contributed by atoms with E-state index < -0.39 is 29.2 Å².